The number of aliphatic hydroxyl groups excluding tert-OH is 1. The molecule has 3 saturated heterocycles. The molecule has 3 aliphatic heterocycles. The number of nitrogens with two attached hydrogens (primary N) is 1. The van der Waals surface area contributed by atoms with Crippen molar-refractivity contribution in [1.82, 2.24) is 15.5 Å². The third-order valence-corrected chi connectivity index (χ3v) is 7.89. The van der Waals surface area contributed by atoms with Crippen LogP contribution in [0.25, 0.3) is 0 Å². The number of fused-ring (bicyclic) bond motifs is 1. The van der Waals surface area contributed by atoms with Gasteiger partial charge in [-0.25, -0.2) is 4.39 Å². The van der Waals surface area contributed by atoms with Gasteiger partial charge in [-0.3, -0.25) is 10.2 Å². The highest BCUT2D eigenvalue weighted by Crippen LogP contribution is 2.41. The molecule has 0 spiro atoms. The van der Waals surface area contributed by atoms with E-state index >= 15 is 0 Å². The van der Waals surface area contributed by atoms with Gasteiger partial charge in [-0.05, 0) is 69.2 Å². The van der Waals surface area contributed by atoms with Gasteiger partial charge in [0.15, 0.2) is 0 Å². The van der Waals surface area contributed by atoms with Gasteiger partial charge in [0.1, 0.15) is 12.4 Å². The van der Waals surface area contributed by atoms with Crippen LogP contribution in [0, 0.1) is 17.8 Å². The average Bonchev–Trinajstić information content (AvgIpc) is 3.07. The van der Waals surface area contributed by atoms with Crippen LogP contribution in [0.1, 0.15) is 44.9 Å². The van der Waals surface area contributed by atoms with E-state index in [1.54, 1.807) is 0 Å². The van der Waals surface area contributed by atoms with Gasteiger partial charge in [-0.15, -0.1) is 11.6 Å². The Bertz CT molecular complexity index is 484. The summed E-state index contributed by atoms with van der Waals surface area (Å²) < 4.78 is 13.8. The lowest BCUT2D eigenvalue weighted by Gasteiger charge is -2.48. The van der Waals surface area contributed by atoms with E-state index in [0.717, 1.165) is 38.9 Å². The summed E-state index contributed by atoms with van der Waals surface area (Å²) in [5.41, 5.74) is 5.81. The van der Waals surface area contributed by atoms with Crippen molar-refractivity contribution in [1.29, 1.82) is 0 Å². The standard InChI is InChI=1S/C19H34ClFN4O/c20-14-8-11(3-5-15(14)21)18-13(2-1-7-23-18)12-4-6-17-24-9-16(19(22)26)25(17)10-12/h11-19,23-24,26H,1-10,22H2. The van der Waals surface area contributed by atoms with Crippen LogP contribution >= 0.6 is 11.6 Å². The van der Waals surface area contributed by atoms with Crippen LogP contribution in [0.2, 0.25) is 0 Å². The van der Waals surface area contributed by atoms with Crippen molar-refractivity contribution in [2.75, 3.05) is 19.6 Å². The highest BCUT2D eigenvalue weighted by molar-refractivity contribution is 6.21. The minimum atomic E-state index is -0.840. The molecule has 0 radical (unpaired) electrons. The van der Waals surface area contributed by atoms with Gasteiger partial charge < -0.3 is 16.2 Å². The van der Waals surface area contributed by atoms with E-state index in [4.69, 9.17) is 17.3 Å². The molecule has 0 bridgehead atoms. The maximum absolute atomic E-state index is 13.8. The summed E-state index contributed by atoms with van der Waals surface area (Å²) in [5.74, 6) is 1.72. The van der Waals surface area contributed by atoms with Crippen LogP contribution < -0.4 is 16.4 Å². The van der Waals surface area contributed by atoms with Crippen molar-refractivity contribution in [2.24, 2.45) is 23.5 Å². The molecule has 0 aromatic rings. The molecule has 4 fully saturated rings. The minimum Gasteiger partial charge on any atom is -0.377 e. The summed E-state index contributed by atoms with van der Waals surface area (Å²) >= 11 is 6.28. The van der Waals surface area contributed by atoms with Gasteiger partial charge in [-0.2, -0.15) is 0 Å². The first-order valence-corrected chi connectivity index (χ1v) is 10.9. The second kappa shape index (κ2) is 8.18. The van der Waals surface area contributed by atoms with E-state index in [2.05, 4.69) is 15.5 Å². The Morgan fingerprint density at radius 2 is 1.92 bits per heavy atom. The molecule has 5 nitrogen and oxygen atoms in total. The number of halogens is 2. The molecule has 0 aromatic carbocycles. The van der Waals surface area contributed by atoms with Crippen LogP contribution in [-0.2, 0) is 0 Å². The first-order chi connectivity index (χ1) is 12.5. The van der Waals surface area contributed by atoms with Gasteiger partial charge in [0.2, 0.25) is 0 Å². The molecular weight excluding hydrogens is 355 g/mol. The fraction of sp³-hybridized carbons (Fsp3) is 1.00. The van der Waals surface area contributed by atoms with Crippen molar-refractivity contribution < 1.29 is 9.50 Å². The normalized spacial score (nSPS) is 48.9. The van der Waals surface area contributed by atoms with Crippen LogP contribution in [0.3, 0.4) is 0 Å². The van der Waals surface area contributed by atoms with Crippen molar-refractivity contribution in [3.8, 4) is 0 Å². The van der Waals surface area contributed by atoms with Crippen molar-refractivity contribution in [2.45, 2.75) is 81.0 Å². The number of nitrogens with one attached hydrogen (secondary N) is 2. The van der Waals surface area contributed by atoms with Crippen LogP contribution in [-0.4, -0.2) is 65.7 Å². The number of hydrogen-bond acceptors (Lipinski definition) is 5. The fourth-order valence-corrected chi connectivity index (χ4v) is 6.43. The molecule has 9 atom stereocenters. The number of nitrogens with zero attached hydrogens (tertiary/aromatic N) is 1. The lowest BCUT2D eigenvalue weighted by molar-refractivity contribution is 0.00301. The summed E-state index contributed by atoms with van der Waals surface area (Å²) in [6.07, 6.45) is 5.87. The Labute approximate surface area is 161 Å². The molecule has 4 aliphatic rings. The van der Waals surface area contributed by atoms with Gasteiger partial charge in [0.05, 0.1) is 17.6 Å². The molecular formula is C19H34ClFN4O. The van der Waals surface area contributed by atoms with Crippen molar-refractivity contribution >= 4 is 11.6 Å². The zero-order valence-electron chi connectivity index (χ0n) is 15.5. The molecule has 1 aliphatic carbocycles. The second-order valence-corrected chi connectivity index (χ2v) is 9.47. The molecule has 5 N–H and O–H groups in total. The number of aliphatic hydroxyl groups is 1. The molecule has 4 rings (SSSR count). The Kier molecular flexibility index (Phi) is 6.08. The first kappa shape index (κ1) is 19.3. The maximum atomic E-state index is 13.8. The number of rotatable bonds is 3. The summed E-state index contributed by atoms with van der Waals surface area (Å²) in [5, 5.41) is 16.9. The maximum Gasteiger partial charge on any atom is 0.119 e. The predicted octanol–water partition coefficient (Wildman–Crippen LogP) is 1.39. The Balaban J connectivity index is 1.44. The molecule has 26 heavy (non-hydrogen) atoms. The van der Waals surface area contributed by atoms with E-state index < -0.39 is 12.4 Å². The van der Waals surface area contributed by atoms with Crippen LogP contribution in [0.5, 0.6) is 0 Å². The second-order valence-electron chi connectivity index (χ2n) is 8.91. The van der Waals surface area contributed by atoms with Crippen LogP contribution in [0.15, 0.2) is 0 Å². The fourth-order valence-electron chi connectivity index (χ4n) is 6.07. The minimum absolute atomic E-state index is 0.0204. The molecule has 7 heteroatoms. The Morgan fingerprint density at radius 3 is 2.69 bits per heavy atom. The van der Waals surface area contributed by atoms with E-state index in [9.17, 15) is 9.50 Å². The van der Waals surface area contributed by atoms with Gasteiger partial charge >= 0.3 is 0 Å². The first-order valence-electron chi connectivity index (χ1n) is 10.5. The highest BCUT2D eigenvalue weighted by atomic mass is 35.5. The lowest BCUT2D eigenvalue weighted by atomic mass is 9.69. The zero-order chi connectivity index (χ0) is 18.3. The third kappa shape index (κ3) is 3.78. The van der Waals surface area contributed by atoms with E-state index in [-0.39, 0.29) is 11.4 Å². The molecule has 0 amide bonds. The van der Waals surface area contributed by atoms with Gasteiger partial charge in [-0.1, -0.05) is 0 Å². The molecule has 9 unspecified atom stereocenters. The summed E-state index contributed by atoms with van der Waals surface area (Å²) in [4.78, 5) is 2.40. The van der Waals surface area contributed by atoms with Crippen LogP contribution in [0.4, 0.5) is 4.39 Å². The topological polar surface area (TPSA) is 73.5 Å². The van der Waals surface area contributed by atoms with E-state index in [0.29, 0.717) is 36.4 Å². The highest BCUT2D eigenvalue weighted by Gasteiger charge is 2.45. The molecule has 0 aromatic heterocycles. The van der Waals surface area contributed by atoms with Gasteiger partial charge in [0, 0.05) is 19.1 Å². The van der Waals surface area contributed by atoms with Crippen molar-refractivity contribution in [3.63, 3.8) is 0 Å². The summed E-state index contributed by atoms with van der Waals surface area (Å²) in [6, 6.07) is 0.475. The Hall–Kier alpha value is 0.0200. The average molecular weight is 389 g/mol. The quantitative estimate of drug-likeness (QED) is 0.434. The summed E-state index contributed by atoms with van der Waals surface area (Å²) in [7, 11) is 0. The number of hydrogen-bond donors (Lipinski definition) is 4. The van der Waals surface area contributed by atoms with Crippen molar-refractivity contribution in [3.05, 3.63) is 0 Å². The molecule has 1 saturated carbocycles. The number of piperidine rings is 2. The SMILES string of the molecule is NC(O)C1CNC2CCC(C3CCCNC3C3CCC(F)C(Cl)C3)CN21. The zero-order valence-corrected chi connectivity index (χ0v) is 16.3. The Morgan fingerprint density at radius 1 is 1.12 bits per heavy atom. The number of alkyl halides is 2. The molecule has 150 valence electrons. The molecule has 3 heterocycles. The largest absolute Gasteiger partial charge is 0.377 e. The third-order valence-electron chi connectivity index (χ3n) is 7.44. The summed E-state index contributed by atoms with van der Waals surface area (Å²) in [6.45, 7) is 2.84. The van der Waals surface area contributed by atoms with E-state index in [1.165, 1.54) is 19.3 Å². The lowest BCUT2D eigenvalue weighted by Crippen LogP contribution is -2.57. The monoisotopic (exact) mass is 388 g/mol. The van der Waals surface area contributed by atoms with Gasteiger partial charge in [0.25, 0.3) is 0 Å². The predicted molar refractivity (Wildman–Crippen MR) is 102 cm³/mol. The van der Waals surface area contributed by atoms with E-state index in [1.807, 2.05) is 0 Å². The smallest absolute Gasteiger partial charge is 0.119 e.